The number of benzene rings is 1. The Labute approximate surface area is 140 Å². The average molecular weight is 330 g/mol. The van der Waals surface area contributed by atoms with Gasteiger partial charge in [0.2, 0.25) is 0 Å². The molecule has 126 valence electrons. The number of nitrogens with zero attached hydrogens (tertiary/aromatic N) is 2. The molecule has 2 heterocycles. The summed E-state index contributed by atoms with van der Waals surface area (Å²) >= 11 is 0. The highest BCUT2D eigenvalue weighted by Crippen LogP contribution is 2.39. The third-order valence-corrected chi connectivity index (χ3v) is 4.35. The lowest BCUT2D eigenvalue weighted by atomic mass is 9.97. The molecule has 1 aromatic carbocycles. The summed E-state index contributed by atoms with van der Waals surface area (Å²) in [7, 11) is 3.20. The number of rotatable bonds is 4. The quantitative estimate of drug-likeness (QED) is 0.865. The molecule has 1 aliphatic heterocycles. The lowest BCUT2D eigenvalue weighted by Gasteiger charge is -2.19. The van der Waals surface area contributed by atoms with Gasteiger partial charge < -0.3 is 14.4 Å². The summed E-state index contributed by atoms with van der Waals surface area (Å²) in [6.45, 7) is 1.09. The van der Waals surface area contributed by atoms with Gasteiger partial charge in [0.05, 0.1) is 26.0 Å². The fourth-order valence-corrected chi connectivity index (χ4v) is 3.15. The van der Waals surface area contributed by atoms with E-state index >= 15 is 0 Å². The van der Waals surface area contributed by atoms with Crippen molar-refractivity contribution >= 4 is 5.91 Å². The van der Waals surface area contributed by atoms with E-state index in [4.69, 9.17) is 9.47 Å². The number of para-hydroxylation sites is 1. The number of carbonyl (C=O) groups excluding carboxylic acids is 1. The van der Waals surface area contributed by atoms with E-state index in [0.29, 0.717) is 24.6 Å². The molecule has 0 aliphatic carbocycles. The molecule has 1 fully saturated rings. The van der Waals surface area contributed by atoms with Crippen molar-refractivity contribution in [1.29, 1.82) is 0 Å². The minimum atomic E-state index is -0.593. The molecule has 24 heavy (non-hydrogen) atoms. The summed E-state index contributed by atoms with van der Waals surface area (Å²) in [6.07, 6.45) is 3.28. The summed E-state index contributed by atoms with van der Waals surface area (Å²) in [5, 5.41) is 0. The van der Waals surface area contributed by atoms with Crippen LogP contribution in [0, 0.1) is 5.82 Å². The molecule has 0 bridgehead atoms. The fraction of sp³-hybridized carbons (Fsp3) is 0.333. The Bertz CT molecular complexity index is 751. The number of methoxy groups -OCH3 is 2. The Morgan fingerprint density at radius 2 is 2.12 bits per heavy atom. The predicted octanol–water partition coefficient (Wildman–Crippen LogP) is 2.87. The highest BCUT2D eigenvalue weighted by molar-refractivity contribution is 5.94. The first-order valence-electron chi connectivity index (χ1n) is 7.75. The summed E-state index contributed by atoms with van der Waals surface area (Å²) in [6, 6.07) is 7.14. The van der Waals surface area contributed by atoms with Crippen LogP contribution in [0.1, 0.15) is 28.3 Å². The van der Waals surface area contributed by atoms with Gasteiger partial charge in [0.25, 0.3) is 5.91 Å². The normalized spacial score (nSPS) is 17.0. The van der Waals surface area contributed by atoms with Gasteiger partial charge >= 0.3 is 0 Å². The standard InChI is InChI=1S/C18H19FN2O3/c1-23-16-5-3-4-13(17(16)24-2)12-7-9-21(11-12)18(22)14-6-8-20-10-15(14)19/h3-6,8,10,12H,7,9,11H2,1-2H3/t12-/m0/s1. The zero-order valence-electron chi connectivity index (χ0n) is 13.7. The third kappa shape index (κ3) is 2.91. The van der Waals surface area contributed by atoms with Gasteiger partial charge in [-0.05, 0) is 18.6 Å². The van der Waals surface area contributed by atoms with E-state index in [9.17, 15) is 9.18 Å². The monoisotopic (exact) mass is 330 g/mol. The molecule has 0 spiro atoms. The van der Waals surface area contributed by atoms with Crippen molar-refractivity contribution in [1.82, 2.24) is 9.88 Å². The number of aromatic nitrogens is 1. The molecular weight excluding hydrogens is 311 g/mol. The van der Waals surface area contributed by atoms with Crippen LogP contribution in [-0.2, 0) is 0 Å². The van der Waals surface area contributed by atoms with E-state index in [1.165, 1.54) is 12.3 Å². The molecule has 2 aromatic rings. The molecule has 1 aromatic heterocycles. The number of ether oxygens (including phenoxy) is 2. The van der Waals surface area contributed by atoms with Crippen LogP contribution >= 0.6 is 0 Å². The van der Waals surface area contributed by atoms with Gasteiger partial charge in [-0.2, -0.15) is 0 Å². The molecule has 5 nitrogen and oxygen atoms in total. The van der Waals surface area contributed by atoms with Gasteiger partial charge in [-0.25, -0.2) is 4.39 Å². The highest BCUT2D eigenvalue weighted by atomic mass is 19.1. The molecule has 1 aliphatic rings. The molecule has 1 atom stereocenters. The lowest BCUT2D eigenvalue weighted by Crippen LogP contribution is -2.29. The average Bonchev–Trinajstić information content (AvgIpc) is 3.10. The summed E-state index contributed by atoms with van der Waals surface area (Å²) in [5.74, 6) is 0.586. The molecule has 0 N–H and O–H groups in total. The number of amides is 1. The SMILES string of the molecule is COc1cccc([C@H]2CCN(C(=O)c3ccncc3F)C2)c1OC. The number of hydrogen-bond acceptors (Lipinski definition) is 4. The molecule has 1 saturated heterocycles. The molecule has 0 unspecified atom stereocenters. The fourth-order valence-electron chi connectivity index (χ4n) is 3.15. The van der Waals surface area contributed by atoms with Gasteiger partial charge in [0.1, 0.15) is 0 Å². The van der Waals surface area contributed by atoms with Crippen LogP contribution in [0.4, 0.5) is 4.39 Å². The van der Waals surface area contributed by atoms with Crippen molar-refractivity contribution in [2.75, 3.05) is 27.3 Å². The molecule has 6 heteroatoms. The second-order valence-corrected chi connectivity index (χ2v) is 5.68. The van der Waals surface area contributed by atoms with Crippen molar-refractivity contribution in [2.24, 2.45) is 0 Å². The number of hydrogen-bond donors (Lipinski definition) is 0. The van der Waals surface area contributed by atoms with Crippen LogP contribution in [0.2, 0.25) is 0 Å². The maximum Gasteiger partial charge on any atom is 0.256 e. The molecule has 1 amide bonds. The van der Waals surface area contributed by atoms with E-state index < -0.39 is 5.82 Å². The van der Waals surface area contributed by atoms with E-state index in [1.54, 1.807) is 19.1 Å². The Kier molecular flexibility index (Phi) is 4.64. The minimum absolute atomic E-state index is 0.0586. The van der Waals surface area contributed by atoms with Crippen LogP contribution < -0.4 is 9.47 Å². The lowest BCUT2D eigenvalue weighted by molar-refractivity contribution is 0.0786. The Balaban J connectivity index is 1.81. The van der Waals surface area contributed by atoms with Gasteiger partial charge in [0.15, 0.2) is 17.3 Å². The van der Waals surface area contributed by atoms with Crippen LogP contribution in [0.25, 0.3) is 0 Å². The zero-order valence-corrected chi connectivity index (χ0v) is 13.7. The van der Waals surface area contributed by atoms with Crippen LogP contribution in [-0.4, -0.2) is 43.1 Å². The van der Waals surface area contributed by atoms with Gasteiger partial charge in [-0.15, -0.1) is 0 Å². The van der Waals surface area contributed by atoms with E-state index in [2.05, 4.69) is 4.98 Å². The highest BCUT2D eigenvalue weighted by Gasteiger charge is 2.31. The number of halogens is 1. The Hall–Kier alpha value is -2.63. The topological polar surface area (TPSA) is 51.7 Å². The summed E-state index contributed by atoms with van der Waals surface area (Å²) < 4.78 is 24.6. The second-order valence-electron chi connectivity index (χ2n) is 5.68. The van der Waals surface area contributed by atoms with Crippen LogP contribution in [0.5, 0.6) is 11.5 Å². The second kappa shape index (κ2) is 6.86. The van der Waals surface area contributed by atoms with Crippen molar-refractivity contribution < 1.29 is 18.7 Å². The predicted molar refractivity (Wildman–Crippen MR) is 87.0 cm³/mol. The molecule has 0 saturated carbocycles. The van der Waals surface area contributed by atoms with Crippen molar-refractivity contribution in [3.63, 3.8) is 0 Å². The van der Waals surface area contributed by atoms with Crippen molar-refractivity contribution in [3.05, 3.63) is 53.6 Å². The van der Waals surface area contributed by atoms with E-state index in [0.717, 1.165) is 18.2 Å². The van der Waals surface area contributed by atoms with Gasteiger partial charge in [-0.3, -0.25) is 9.78 Å². The first kappa shape index (κ1) is 16.2. The number of likely N-dealkylation sites (tertiary alicyclic amines) is 1. The van der Waals surface area contributed by atoms with Gasteiger partial charge in [0, 0.05) is 30.8 Å². The first-order chi connectivity index (χ1) is 11.7. The number of carbonyl (C=O) groups is 1. The van der Waals surface area contributed by atoms with Crippen molar-refractivity contribution in [3.8, 4) is 11.5 Å². The largest absolute Gasteiger partial charge is 0.493 e. The number of pyridine rings is 1. The maximum absolute atomic E-state index is 13.8. The third-order valence-electron chi connectivity index (χ3n) is 4.35. The summed E-state index contributed by atoms with van der Waals surface area (Å²) in [4.78, 5) is 17.9. The smallest absolute Gasteiger partial charge is 0.256 e. The molecular formula is C18H19FN2O3. The van der Waals surface area contributed by atoms with Crippen LogP contribution in [0.3, 0.4) is 0 Å². The molecule has 0 radical (unpaired) electrons. The Morgan fingerprint density at radius 1 is 1.29 bits per heavy atom. The van der Waals surface area contributed by atoms with E-state index in [1.807, 2.05) is 18.2 Å². The molecule has 3 rings (SSSR count). The van der Waals surface area contributed by atoms with Crippen LogP contribution in [0.15, 0.2) is 36.7 Å². The van der Waals surface area contributed by atoms with Gasteiger partial charge in [-0.1, -0.05) is 12.1 Å². The summed E-state index contributed by atoms with van der Waals surface area (Å²) in [5.41, 5.74) is 1.06. The minimum Gasteiger partial charge on any atom is -0.493 e. The zero-order chi connectivity index (χ0) is 17.1. The Morgan fingerprint density at radius 3 is 2.83 bits per heavy atom. The van der Waals surface area contributed by atoms with Crippen molar-refractivity contribution in [2.45, 2.75) is 12.3 Å². The maximum atomic E-state index is 13.8. The first-order valence-corrected chi connectivity index (χ1v) is 7.75. The van der Waals surface area contributed by atoms with E-state index in [-0.39, 0.29) is 17.4 Å².